The lowest BCUT2D eigenvalue weighted by atomic mass is 9.92. The van der Waals surface area contributed by atoms with Gasteiger partial charge in [-0.1, -0.05) is 20.8 Å². The first kappa shape index (κ1) is 28.8. The van der Waals surface area contributed by atoms with Crippen LogP contribution in [0.1, 0.15) is 40.0 Å². The van der Waals surface area contributed by atoms with Crippen LogP contribution in [-0.4, -0.2) is 56.3 Å². The monoisotopic (exact) mass is 555 g/mol. The van der Waals surface area contributed by atoms with Gasteiger partial charge in [-0.3, -0.25) is 4.98 Å². The Labute approximate surface area is 236 Å². The van der Waals surface area contributed by atoms with Crippen molar-refractivity contribution >= 4 is 22.6 Å². The highest BCUT2D eigenvalue weighted by atomic mass is 35.5. The van der Waals surface area contributed by atoms with Gasteiger partial charge in [-0.25, -0.2) is 4.79 Å². The summed E-state index contributed by atoms with van der Waals surface area (Å²) in [6.45, 7) is 9.85. The van der Waals surface area contributed by atoms with Gasteiger partial charge in [-0.15, -0.1) is 0 Å². The third-order valence-corrected chi connectivity index (χ3v) is 7.23. The van der Waals surface area contributed by atoms with E-state index < -0.39 is 0 Å². The molecule has 2 heterocycles. The van der Waals surface area contributed by atoms with Crippen LogP contribution in [0.15, 0.2) is 42.6 Å². The molecule has 9 heteroatoms. The number of amides is 2. The molecular weight excluding hydrogens is 516 g/mol. The predicted molar refractivity (Wildman–Crippen MR) is 152 cm³/mol. The van der Waals surface area contributed by atoms with E-state index in [0.29, 0.717) is 52.8 Å². The molecule has 3 aromatic rings. The maximum absolute atomic E-state index is 12.3. The van der Waals surface area contributed by atoms with Crippen LogP contribution in [0.3, 0.4) is 0 Å². The van der Waals surface area contributed by atoms with Crippen LogP contribution < -0.4 is 24.8 Å². The summed E-state index contributed by atoms with van der Waals surface area (Å²) in [5.41, 5.74) is 1.45. The van der Waals surface area contributed by atoms with E-state index >= 15 is 0 Å². The molecule has 0 atom stereocenters. The van der Waals surface area contributed by atoms with Crippen molar-refractivity contribution < 1.29 is 30.6 Å². The number of pyridine rings is 1. The molecule has 0 aliphatic carbocycles. The molecule has 210 valence electrons. The van der Waals surface area contributed by atoms with Gasteiger partial charge in [-0.2, -0.15) is 0 Å². The van der Waals surface area contributed by atoms with Gasteiger partial charge in [0.25, 0.3) is 5.02 Å². The van der Waals surface area contributed by atoms with Crippen LogP contribution in [-0.2, 0) is 0 Å². The van der Waals surface area contributed by atoms with Crippen LogP contribution in [0.25, 0.3) is 10.9 Å². The molecule has 2 amide bonds. The average molecular weight is 556 g/mol. The Morgan fingerprint density at radius 2 is 1.87 bits per heavy atom. The van der Waals surface area contributed by atoms with E-state index in [2.05, 4.69) is 48.3 Å². The zero-order chi connectivity index (χ0) is 28.0. The first-order chi connectivity index (χ1) is 18.6. The summed E-state index contributed by atoms with van der Waals surface area (Å²) in [5, 5.41) is 6.98. The molecule has 1 saturated heterocycles. The maximum Gasteiger partial charge on any atom is 0.319 e. The molecule has 0 radical (unpaired) electrons. The number of hydrogen-bond acceptors (Lipinski definition) is 6. The van der Waals surface area contributed by atoms with Crippen molar-refractivity contribution in [2.24, 2.45) is 11.3 Å². The number of likely N-dealkylation sites (tertiary alicyclic amines) is 1. The van der Waals surface area contributed by atoms with E-state index in [1.807, 2.05) is 12.1 Å². The molecule has 1 fully saturated rings. The second-order valence-corrected chi connectivity index (χ2v) is 11.8. The SMILES string of the molecule is COc1cc2c(Oc3ccc(NC(=O)NCCC(C)(C)C)c([ClH+])c3)ccnc2cc1OCC1CCN(C)CC1. The average Bonchev–Trinajstić information content (AvgIpc) is 2.89. The van der Waals surface area contributed by atoms with Crippen molar-refractivity contribution in [2.75, 3.05) is 45.7 Å². The first-order valence-corrected chi connectivity index (χ1v) is 13.8. The number of hydrogen-bond donors (Lipinski definition) is 2. The molecule has 1 aliphatic heterocycles. The highest BCUT2D eigenvalue weighted by Crippen LogP contribution is 2.38. The van der Waals surface area contributed by atoms with Gasteiger partial charge in [0.05, 0.1) is 19.2 Å². The first-order valence-electron chi connectivity index (χ1n) is 13.4. The largest absolute Gasteiger partial charge is 0.493 e. The van der Waals surface area contributed by atoms with E-state index in [4.69, 9.17) is 25.8 Å². The number of aromatic nitrogens is 1. The van der Waals surface area contributed by atoms with E-state index in [0.717, 1.165) is 43.3 Å². The van der Waals surface area contributed by atoms with Crippen molar-refractivity contribution in [1.29, 1.82) is 0 Å². The Kier molecular flexibility index (Phi) is 9.40. The fourth-order valence-corrected chi connectivity index (χ4v) is 4.68. The van der Waals surface area contributed by atoms with E-state index in [1.54, 1.807) is 37.6 Å². The van der Waals surface area contributed by atoms with Crippen LogP contribution >= 0.6 is 0 Å². The number of fused-ring (bicyclic) bond motifs is 1. The van der Waals surface area contributed by atoms with E-state index in [1.165, 1.54) is 0 Å². The maximum atomic E-state index is 12.3. The highest BCUT2D eigenvalue weighted by Gasteiger charge is 2.19. The summed E-state index contributed by atoms with van der Waals surface area (Å²) in [6, 6.07) is 10.6. The van der Waals surface area contributed by atoms with E-state index in [-0.39, 0.29) is 11.4 Å². The van der Waals surface area contributed by atoms with E-state index in [9.17, 15) is 4.79 Å². The van der Waals surface area contributed by atoms with Gasteiger partial charge < -0.3 is 29.7 Å². The van der Waals surface area contributed by atoms with Crippen LogP contribution in [0.2, 0.25) is 5.02 Å². The van der Waals surface area contributed by atoms with Gasteiger partial charge in [0.1, 0.15) is 17.2 Å². The number of piperidine rings is 1. The Bertz CT molecular complexity index is 1290. The predicted octanol–water partition coefficient (Wildman–Crippen LogP) is 6.01. The number of carbonyl (C=O) groups is 1. The molecule has 0 spiro atoms. The molecule has 8 nitrogen and oxygen atoms in total. The summed E-state index contributed by atoms with van der Waals surface area (Å²) in [4.78, 5) is 19.2. The Balaban J connectivity index is 1.44. The van der Waals surface area contributed by atoms with Crippen molar-refractivity contribution in [3.63, 3.8) is 0 Å². The van der Waals surface area contributed by atoms with Crippen LogP contribution in [0, 0.1) is 22.9 Å². The summed E-state index contributed by atoms with van der Waals surface area (Å²) in [5.74, 6) is 3.03. The minimum Gasteiger partial charge on any atom is -0.493 e. The number of ether oxygens (including phenoxy) is 3. The minimum atomic E-state index is -0.278. The normalized spacial score (nSPS) is 14.7. The van der Waals surface area contributed by atoms with Crippen LogP contribution in [0.5, 0.6) is 23.0 Å². The third kappa shape index (κ3) is 8.13. The molecule has 1 aliphatic rings. The number of nitrogens with zero attached hydrogens (tertiary/aromatic N) is 2. The molecule has 2 N–H and O–H groups in total. The third-order valence-electron chi connectivity index (χ3n) is 6.89. The highest BCUT2D eigenvalue weighted by molar-refractivity contribution is 5.90. The molecule has 1 aromatic heterocycles. The van der Waals surface area contributed by atoms with Gasteiger partial charge in [0.2, 0.25) is 0 Å². The molecule has 0 saturated carbocycles. The molecule has 0 bridgehead atoms. The summed E-state index contributed by atoms with van der Waals surface area (Å²) < 4.78 is 18.1. The summed E-state index contributed by atoms with van der Waals surface area (Å²) in [7, 11) is 3.79. The van der Waals surface area contributed by atoms with Crippen molar-refractivity contribution in [1.82, 2.24) is 15.2 Å². The lowest BCUT2D eigenvalue weighted by molar-refractivity contribution is -0.287. The topological polar surface area (TPSA) is 85.0 Å². The Hall–Kier alpha value is -3.23. The number of nitrogens with one attached hydrogen (secondary N) is 2. The van der Waals surface area contributed by atoms with Gasteiger partial charge in [0, 0.05) is 30.3 Å². The number of urea groups is 1. The lowest BCUT2D eigenvalue weighted by Gasteiger charge is -2.28. The summed E-state index contributed by atoms with van der Waals surface area (Å²) in [6.07, 6.45) is 4.84. The number of rotatable bonds is 9. The second-order valence-electron chi connectivity index (χ2n) is 11.3. The summed E-state index contributed by atoms with van der Waals surface area (Å²) >= 11 is 5.51. The minimum absolute atomic E-state index is 0.150. The van der Waals surface area contributed by atoms with Crippen LogP contribution in [0.4, 0.5) is 10.5 Å². The van der Waals surface area contributed by atoms with Gasteiger partial charge >= 0.3 is 6.03 Å². The fourth-order valence-electron chi connectivity index (χ4n) is 4.44. The number of anilines is 1. The number of methoxy groups -OCH3 is 1. The fraction of sp³-hybridized carbons (Fsp3) is 0.467. The second kappa shape index (κ2) is 12.7. The Morgan fingerprint density at radius 1 is 1.10 bits per heavy atom. The quantitative estimate of drug-likeness (QED) is 0.336. The standard InChI is InChI=1S/C30H39ClN4O4/c1-30(2,3)11-13-33-29(36)34-24-7-6-21(16-23(24)31)39-26-8-12-32-25-18-28(27(37-5)17-22(25)26)38-19-20-9-14-35(4)15-10-20/h6-8,12,16-18,20,31H,9-11,13-15,19H2,1-5H3,(H-,33,34,36)/p+1. The smallest absolute Gasteiger partial charge is 0.319 e. The number of carbonyl (C=O) groups excluding carboxylic acids is 1. The molecule has 39 heavy (non-hydrogen) atoms. The van der Waals surface area contributed by atoms with Crippen molar-refractivity contribution in [2.45, 2.75) is 40.0 Å². The molecular formula is C30H40ClN4O4+. The molecule has 4 rings (SSSR count). The van der Waals surface area contributed by atoms with Crippen molar-refractivity contribution in [3.05, 3.63) is 47.6 Å². The zero-order valence-electron chi connectivity index (χ0n) is 23.5. The lowest BCUT2D eigenvalue weighted by Crippen LogP contribution is -2.32. The zero-order valence-corrected chi connectivity index (χ0v) is 24.3. The van der Waals surface area contributed by atoms with Gasteiger partial charge in [-0.05, 0) is 75.0 Å². The number of halogens is 1. The van der Waals surface area contributed by atoms with Crippen molar-refractivity contribution in [3.8, 4) is 23.0 Å². The molecule has 2 aromatic carbocycles. The van der Waals surface area contributed by atoms with Gasteiger partial charge in [0.15, 0.2) is 23.1 Å². The molecule has 0 unspecified atom stereocenters. The number of benzene rings is 2. The Morgan fingerprint density at radius 3 is 2.56 bits per heavy atom.